The zero-order chi connectivity index (χ0) is 17.6. The lowest BCUT2D eigenvalue weighted by Crippen LogP contribution is -2.27. The quantitative estimate of drug-likeness (QED) is 0.155. The molecule has 0 rings (SSSR count). The average Bonchev–Trinajstić information content (AvgIpc) is 2.48. The third kappa shape index (κ3) is 14.3. The number of rotatable bonds is 15. The van der Waals surface area contributed by atoms with Crippen LogP contribution in [0.2, 0.25) is 0 Å². The summed E-state index contributed by atoms with van der Waals surface area (Å²) in [5.74, 6) is -3.34. The molecule has 0 aromatic heterocycles. The zero-order valence-corrected chi connectivity index (χ0v) is 14.5. The van der Waals surface area contributed by atoms with E-state index in [2.05, 4.69) is 6.92 Å². The number of aliphatic hydroxyl groups excluding tert-OH is 1. The molecule has 0 unspecified atom stereocenters. The van der Waals surface area contributed by atoms with Crippen molar-refractivity contribution in [3.63, 3.8) is 0 Å². The summed E-state index contributed by atoms with van der Waals surface area (Å²) < 4.78 is 0. The number of allylic oxidation sites excluding steroid dienone is 1. The fourth-order valence-corrected chi connectivity index (χ4v) is 2.55. The summed E-state index contributed by atoms with van der Waals surface area (Å²) in [6.07, 6.45) is 12.9. The van der Waals surface area contributed by atoms with E-state index in [1.165, 1.54) is 6.08 Å². The smallest absolute Gasteiger partial charge is 0.370 e. The first kappa shape index (κ1) is 21.9. The van der Waals surface area contributed by atoms with E-state index >= 15 is 0 Å². The number of aliphatic carboxylic acids is 1. The predicted molar refractivity (Wildman–Crippen MR) is 91.2 cm³/mol. The molecule has 4 N–H and O–H groups in total. The molecule has 0 saturated carbocycles. The zero-order valence-electron chi connectivity index (χ0n) is 14.5. The second kappa shape index (κ2) is 13.4. The highest BCUT2D eigenvalue weighted by molar-refractivity contribution is 5.83. The summed E-state index contributed by atoms with van der Waals surface area (Å²) in [5, 5.41) is 37.1. The highest BCUT2D eigenvalue weighted by Gasteiger charge is 2.21. The molecule has 0 atom stereocenters. The normalized spacial score (nSPS) is 12.6. The van der Waals surface area contributed by atoms with Gasteiger partial charge in [0.05, 0.1) is 0 Å². The van der Waals surface area contributed by atoms with Gasteiger partial charge in [-0.15, -0.1) is 0 Å². The molecular weight excluding hydrogens is 296 g/mol. The van der Waals surface area contributed by atoms with Gasteiger partial charge < -0.3 is 20.4 Å². The molecule has 0 spiro atoms. The Labute approximate surface area is 140 Å². The fraction of sp³-hybridized carbons (Fsp3) is 0.833. The molecule has 136 valence electrons. The first-order valence-electron chi connectivity index (χ1n) is 8.96. The molecule has 0 aliphatic heterocycles. The van der Waals surface area contributed by atoms with Crippen molar-refractivity contribution in [3.05, 3.63) is 11.8 Å². The number of carboxylic acid groups (broad SMARTS) is 1. The number of carbonyl (C=O) groups is 1. The SMILES string of the molecule is CCCCCC(O)(O)CCCCCCCCC/C=C(\O)C(=O)O. The minimum atomic E-state index is -1.49. The number of carboxylic acids is 1. The Morgan fingerprint density at radius 3 is 1.83 bits per heavy atom. The van der Waals surface area contributed by atoms with E-state index in [9.17, 15) is 15.0 Å². The Bertz CT molecular complexity index is 336. The molecular formula is C18H34O5. The first-order valence-corrected chi connectivity index (χ1v) is 8.96. The van der Waals surface area contributed by atoms with E-state index in [1.54, 1.807) is 0 Å². The van der Waals surface area contributed by atoms with Gasteiger partial charge in [0, 0.05) is 12.8 Å². The topological polar surface area (TPSA) is 98.0 Å². The molecule has 0 aliphatic rings. The third-order valence-electron chi connectivity index (χ3n) is 4.02. The van der Waals surface area contributed by atoms with E-state index in [0.29, 0.717) is 19.3 Å². The molecule has 0 aromatic rings. The largest absolute Gasteiger partial charge is 0.502 e. The fourth-order valence-electron chi connectivity index (χ4n) is 2.55. The lowest BCUT2D eigenvalue weighted by molar-refractivity contribution is -0.172. The van der Waals surface area contributed by atoms with Gasteiger partial charge in [0.15, 0.2) is 11.5 Å². The van der Waals surface area contributed by atoms with Crippen molar-refractivity contribution in [1.82, 2.24) is 0 Å². The molecule has 5 heteroatoms. The molecule has 0 aliphatic carbocycles. The van der Waals surface area contributed by atoms with Crippen LogP contribution in [0.5, 0.6) is 0 Å². The Hall–Kier alpha value is -1.07. The maximum absolute atomic E-state index is 10.4. The summed E-state index contributed by atoms with van der Waals surface area (Å²) in [7, 11) is 0. The van der Waals surface area contributed by atoms with E-state index < -0.39 is 17.5 Å². The summed E-state index contributed by atoms with van der Waals surface area (Å²) in [6, 6.07) is 0. The van der Waals surface area contributed by atoms with Crippen molar-refractivity contribution < 1.29 is 25.2 Å². The van der Waals surface area contributed by atoms with Crippen molar-refractivity contribution in [3.8, 4) is 0 Å². The van der Waals surface area contributed by atoms with E-state index in [1.807, 2.05) is 0 Å². The summed E-state index contributed by atoms with van der Waals surface area (Å²) in [4.78, 5) is 10.4. The number of hydrogen-bond acceptors (Lipinski definition) is 4. The molecule has 0 saturated heterocycles. The number of unbranched alkanes of at least 4 members (excludes halogenated alkanes) is 9. The van der Waals surface area contributed by atoms with Gasteiger partial charge in [-0.3, -0.25) is 0 Å². The Morgan fingerprint density at radius 2 is 1.30 bits per heavy atom. The first-order chi connectivity index (χ1) is 10.9. The monoisotopic (exact) mass is 330 g/mol. The van der Waals surface area contributed by atoms with Crippen molar-refractivity contribution in [2.45, 2.75) is 96.2 Å². The third-order valence-corrected chi connectivity index (χ3v) is 4.02. The highest BCUT2D eigenvalue weighted by atomic mass is 16.5. The number of hydrogen-bond donors (Lipinski definition) is 4. The summed E-state index contributed by atoms with van der Waals surface area (Å²) in [5.41, 5.74) is 0. The number of aliphatic hydroxyl groups is 3. The van der Waals surface area contributed by atoms with Crippen LogP contribution in [-0.4, -0.2) is 32.2 Å². The van der Waals surface area contributed by atoms with Crippen LogP contribution in [0, 0.1) is 0 Å². The van der Waals surface area contributed by atoms with Gasteiger partial charge in [-0.1, -0.05) is 51.9 Å². The Balaban J connectivity index is 3.42. The van der Waals surface area contributed by atoms with Gasteiger partial charge in [0.2, 0.25) is 0 Å². The van der Waals surface area contributed by atoms with E-state index in [0.717, 1.165) is 64.2 Å². The molecule has 0 heterocycles. The van der Waals surface area contributed by atoms with Crippen LogP contribution in [0.1, 0.15) is 90.4 Å². The van der Waals surface area contributed by atoms with Gasteiger partial charge in [-0.05, 0) is 31.8 Å². The van der Waals surface area contributed by atoms with Gasteiger partial charge in [-0.2, -0.15) is 0 Å². The lowest BCUT2D eigenvalue weighted by Gasteiger charge is -2.21. The van der Waals surface area contributed by atoms with Crippen LogP contribution in [0.15, 0.2) is 11.8 Å². The Kier molecular flexibility index (Phi) is 12.8. The van der Waals surface area contributed by atoms with E-state index in [-0.39, 0.29) is 0 Å². The van der Waals surface area contributed by atoms with Crippen molar-refractivity contribution in [1.29, 1.82) is 0 Å². The molecule has 0 fully saturated rings. The maximum Gasteiger partial charge on any atom is 0.370 e. The van der Waals surface area contributed by atoms with Crippen LogP contribution in [0.4, 0.5) is 0 Å². The molecule has 0 bridgehead atoms. The van der Waals surface area contributed by atoms with Crippen LogP contribution < -0.4 is 0 Å². The van der Waals surface area contributed by atoms with Gasteiger partial charge >= 0.3 is 5.97 Å². The second-order valence-electron chi connectivity index (χ2n) is 6.35. The molecule has 0 radical (unpaired) electrons. The lowest BCUT2D eigenvalue weighted by atomic mass is 10.00. The second-order valence-corrected chi connectivity index (χ2v) is 6.35. The minimum Gasteiger partial charge on any atom is -0.502 e. The Morgan fingerprint density at radius 1 is 0.826 bits per heavy atom. The van der Waals surface area contributed by atoms with Gasteiger partial charge in [-0.25, -0.2) is 4.79 Å². The summed E-state index contributed by atoms with van der Waals surface area (Å²) >= 11 is 0. The van der Waals surface area contributed by atoms with Crippen molar-refractivity contribution in [2.75, 3.05) is 0 Å². The average molecular weight is 330 g/mol. The van der Waals surface area contributed by atoms with E-state index in [4.69, 9.17) is 10.2 Å². The van der Waals surface area contributed by atoms with Gasteiger partial charge in [0.25, 0.3) is 0 Å². The molecule has 23 heavy (non-hydrogen) atoms. The molecule has 0 aromatic carbocycles. The predicted octanol–water partition coefficient (Wildman–Crippen LogP) is 4.29. The van der Waals surface area contributed by atoms with Gasteiger partial charge in [0.1, 0.15) is 0 Å². The molecule has 5 nitrogen and oxygen atoms in total. The summed E-state index contributed by atoms with van der Waals surface area (Å²) in [6.45, 7) is 2.10. The standard InChI is InChI=1S/C18H34O5/c1-2-3-11-14-18(22,23)15-12-9-7-5-4-6-8-10-13-16(19)17(20)21/h13,19,22-23H,2-12,14-15H2,1H3,(H,20,21)/b16-13-. The minimum absolute atomic E-state index is 0.454. The molecule has 0 amide bonds. The van der Waals surface area contributed by atoms with Crippen LogP contribution in [-0.2, 0) is 4.79 Å². The highest BCUT2D eigenvalue weighted by Crippen LogP contribution is 2.20. The maximum atomic E-state index is 10.4. The van der Waals surface area contributed by atoms with Crippen LogP contribution in [0.25, 0.3) is 0 Å². The van der Waals surface area contributed by atoms with Crippen molar-refractivity contribution >= 4 is 5.97 Å². The van der Waals surface area contributed by atoms with Crippen LogP contribution >= 0.6 is 0 Å². The van der Waals surface area contributed by atoms with Crippen molar-refractivity contribution in [2.24, 2.45) is 0 Å². The van der Waals surface area contributed by atoms with Crippen LogP contribution in [0.3, 0.4) is 0 Å².